The number of carbonyl (C=O) groups is 2. The van der Waals surface area contributed by atoms with Crippen molar-refractivity contribution in [1.82, 2.24) is 24.4 Å². The van der Waals surface area contributed by atoms with Crippen molar-refractivity contribution in [2.75, 3.05) is 5.32 Å². The van der Waals surface area contributed by atoms with E-state index < -0.39 is 5.91 Å². The molecule has 9 heteroatoms. The Hall–Kier alpha value is -4.01. The van der Waals surface area contributed by atoms with Gasteiger partial charge >= 0.3 is 0 Å². The van der Waals surface area contributed by atoms with E-state index in [0.717, 1.165) is 59.0 Å². The average molecular weight is 444 g/mol. The van der Waals surface area contributed by atoms with Gasteiger partial charge in [0, 0.05) is 23.4 Å². The lowest BCUT2D eigenvalue weighted by atomic mass is 10.1. The van der Waals surface area contributed by atoms with Crippen molar-refractivity contribution < 1.29 is 9.59 Å². The van der Waals surface area contributed by atoms with Gasteiger partial charge in [0.05, 0.1) is 17.6 Å². The molecular formula is C24H25N7O2. The van der Waals surface area contributed by atoms with Gasteiger partial charge < -0.3 is 11.1 Å². The third-order valence-electron chi connectivity index (χ3n) is 6.24. The topological polar surface area (TPSA) is 120 Å². The van der Waals surface area contributed by atoms with E-state index >= 15 is 0 Å². The van der Waals surface area contributed by atoms with Crippen LogP contribution in [0.1, 0.15) is 51.4 Å². The van der Waals surface area contributed by atoms with Gasteiger partial charge in [0.25, 0.3) is 5.91 Å². The SMILES string of the molecule is Cc1nc2c(C(N)=O)cnn2c(C)c1CCC(=O)Nc1c2c(nn1-c1ccccc1)CCC2. The third-order valence-corrected chi connectivity index (χ3v) is 6.24. The van der Waals surface area contributed by atoms with Crippen molar-refractivity contribution in [3.63, 3.8) is 0 Å². The molecule has 3 aromatic heterocycles. The zero-order chi connectivity index (χ0) is 23.1. The monoisotopic (exact) mass is 443 g/mol. The Morgan fingerprint density at radius 2 is 1.94 bits per heavy atom. The molecule has 1 aromatic carbocycles. The van der Waals surface area contributed by atoms with Gasteiger partial charge in [-0.15, -0.1) is 0 Å². The van der Waals surface area contributed by atoms with Crippen LogP contribution in [-0.2, 0) is 24.1 Å². The van der Waals surface area contributed by atoms with Crippen LogP contribution < -0.4 is 11.1 Å². The number of anilines is 1. The van der Waals surface area contributed by atoms with Crippen LogP contribution in [0.4, 0.5) is 5.82 Å². The summed E-state index contributed by atoms with van der Waals surface area (Å²) in [6.45, 7) is 3.78. The fourth-order valence-corrected chi connectivity index (χ4v) is 4.56. The number of primary amides is 1. The molecule has 33 heavy (non-hydrogen) atoms. The highest BCUT2D eigenvalue weighted by molar-refractivity contribution is 5.98. The van der Waals surface area contributed by atoms with Crippen LogP contribution in [0.15, 0.2) is 36.5 Å². The number of benzene rings is 1. The number of aryl methyl sites for hydroxylation is 3. The van der Waals surface area contributed by atoms with Crippen LogP contribution in [0.25, 0.3) is 11.3 Å². The van der Waals surface area contributed by atoms with Crippen molar-refractivity contribution in [2.24, 2.45) is 5.73 Å². The number of hydrogen-bond donors (Lipinski definition) is 2. The molecule has 0 saturated heterocycles. The van der Waals surface area contributed by atoms with Gasteiger partial charge in [-0.05, 0) is 57.2 Å². The fraction of sp³-hybridized carbons (Fsp3) is 0.292. The molecule has 168 valence electrons. The molecule has 0 aliphatic heterocycles. The lowest BCUT2D eigenvalue weighted by Gasteiger charge is -2.13. The number of aromatic nitrogens is 5. The van der Waals surface area contributed by atoms with Crippen molar-refractivity contribution in [3.8, 4) is 5.69 Å². The fourth-order valence-electron chi connectivity index (χ4n) is 4.56. The van der Waals surface area contributed by atoms with Crippen LogP contribution in [0.5, 0.6) is 0 Å². The molecule has 3 N–H and O–H groups in total. The van der Waals surface area contributed by atoms with Gasteiger partial charge in [-0.1, -0.05) is 18.2 Å². The summed E-state index contributed by atoms with van der Waals surface area (Å²) in [5.74, 6) is 0.115. The number of amides is 2. The first kappa shape index (κ1) is 20.9. The summed E-state index contributed by atoms with van der Waals surface area (Å²) in [5, 5.41) is 12.1. The molecule has 0 fully saturated rings. The van der Waals surface area contributed by atoms with E-state index in [1.165, 1.54) is 6.20 Å². The highest BCUT2D eigenvalue weighted by atomic mass is 16.2. The molecule has 0 atom stereocenters. The average Bonchev–Trinajstić information content (AvgIpc) is 3.50. The normalized spacial score (nSPS) is 12.8. The standard InChI is InChI=1S/C24H25N7O2/c1-14-17(15(2)30-24(27-14)19(13-26-30)22(25)33)11-12-21(32)28-23-18-9-6-10-20(18)29-31(23)16-7-4-3-5-8-16/h3-5,7-8,13H,6,9-12H2,1-2H3,(H2,25,33)(H,28,32). The molecule has 0 saturated carbocycles. The van der Waals surface area contributed by atoms with Gasteiger partial charge in [0.1, 0.15) is 11.4 Å². The molecular weight excluding hydrogens is 418 g/mol. The van der Waals surface area contributed by atoms with Crippen LogP contribution >= 0.6 is 0 Å². The maximum atomic E-state index is 13.0. The van der Waals surface area contributed by atoms with E-state index in [1.54, 1.807) is 4.52 Å². The van der Waals surface area contributed by atoms with E-state index in [-0.39, 0.29) is 17.9 Å². The Kier molecular flexibility index (Phi) is 5.16. The Morgan fingerprint density at radius 1 is 1.15 bits per heavy atom. The van der Waals surface area contributed by atoms with Gasteiger partial charge in [0.15, 0.2) is 5.65 Å². The Balaban J connectivity index is 1.38. The first-order valence-corrected chi connectivity index (χ1v) is 11.0. The molecule has 5 rings (SSSR count). The second-order valence-corrected chi connectivity index (χ2v) is 8.34. The number of fused-ring (bicyclic) bond motifs is 2. The number of nitrogens with zero attached hydrogens (tertiary/aromatic N) is 5. The van der Waals surface area contributed by atoms with E-state index in [4.69, 9.17) is 10.8 Å². The number of nitrogens with two attached hydrogens (primary N) is 1. The zero-order valence-corrected chi connectivity index (χ0v) is 18.6. The van der Waals surface area contributed by atoms with Crippen molar-refractivity contribution in [3.05, 3.63) is 70.3 Å². The van der Waals surface area contributed by atoms with E-state index in [2.05, 4.69) is 15.4 Å². The van der Waals surface area contributed by atoms with E-state index in [1.807, 2.05) is 48.9 Å². The molecule has 0 spiro atoms. The number of nitrogens with one attached hydrogen (secondary N) is 1. The van der Waals surface area contributed by atoms with Crippen molar-refractivity contribution >= 4 is 23.3 Å². The molecule has 0 radical (unpaired) electrons. The summed E-state index contributed by atoms with van der Waals surface area (Å²) in [6.07, 6.45) is 5.11. The lowest BCUT2D eigenvalue weighted by Crippen LogP contribution is -2.18. The van der Waals surface area contributed by atoms with Crippen molar-refractivity contribution in [1.29, 1.82) is 0 Å². The first-order valence-electron chi connectivity index (χ1n) is 11.0. The Bertz CT molecular complexity index is 1390. The number of hydrogen-bond acceptors (Lipinski definition) is 5. The molecule has 1 aliphatic carbocycles. The molecule has 1 aliphatic rings. The van der Waals surface area contributed by atoms with Crippen molar-refractivity contribution in [2.45, 2.75) is 46.0 Å². The summed E-state index contributed by atoms with van der Waals surface area (Å²) in [5.41, 5.74) is 11.8. The third kappa shape index (κ3) is 3.65. The highest BCUT2D eigenvalue weighted by Crippen LogP contribution is 2.31. The van der Waals surface area contributed by atoms with E-state index in [9.17, 15) is 9.59 Å². The second-order valence-electron chi connectivity index (χ2n) is 8.34. The maximum Gasteiger partial charge on any atom is 0.254 e. The van der Waals surface area contributed by atoms with Crippen LogP contribution in [0.2, 0.25) is 0 Å². The minimum Gasteiger partial charge on any atom is -0.365 e. The molecule has 0 bridgehead atoms. The molecule has 2 amide bonds. The smallest absolute Gasteiger partial charge is 0.254 e. The summed E-state index contributed by atoms with van der Waals surface area (Å²) in [4.78, 5) is 29.1. The highest BCUT2D eigenvalue weighted by Gasteiger charge is 2.24. The Morgan fingerprint density at radius 3 is 2.70 bits per heavy atom. The summed E-state index contributed by atoms with van der Waals surface area (Å²) < 4.78 is 3.44. The molecule has 4 aromatic rings. The van der Waals surface area contributed by atoms with Crippen LogP contribution in [-0.4, -0.2) is 36.2 Å². The van der Waals surface area contributed by atoms with Crippen LogP contribution in [0.3, 0.4) is 0 Å². The van der Waals surface area contributed by atoms with Gasteiger partial charge in [-0.25, -0.2) is 14.2 Å². The minimum atomic E-state index is -0.564. The summed E-state index contributed by atoms with van der Waals surface area (Å²) >= 11 is 0. The molecule has 0 unspecified atom stereocenters. The van der Waals surface area contributed by atoms with E-state index in [0.29, 0.717) is 12.1 Å². The predicted molar refractivity (Wildman–Crippen MR) is 124 cm³/mol. The second kappa shape index (κ2) is 8.16. The molecule has 3 heterocycles. The quantitative estimate of drug-likeness (QED) is 0.475. The maximum absolute atomic E-state index is 13.0. The van der Waals surface area contributed by atoms with Gasteiger partial charge in [-0.2, -0.15) is 10.2 Å². The van der Waals surface area contributed by atoms with Gasteiger partial charge in [-0.3, -0.25) is 9.59 Å². The van der Waals surface area contributed by atoms with Gasteiger partial charge in [0.2, 0.25) is 5.91 Å². The minimum absolute atomic E-state index is 0.0843. The largest absolute Gasteiger partial charge is 0.365 e. The number of para-hydroxylation sites is 1. The first-order chi connectivity index (χ1) is 15.9. The van der Waals surface area contributed by atoms with Crippen LogP contribution in [0, 0.1) is 13.8 Å². The number of carbonyl (C=O) groups excluding carboxylic acids is 2. The summed E-state index contributed by atoms with van der Waals surface area (Å²) in [7, 11) is 0. The summed E-state index contributed by atoms with van der Waals surface area (Å²) in [6, 6.07) is 9.84. The predicted octanol–water partition coefficient (Wildman–Crippen LogP) is 2.69. The Labute approximate surface area is 190 Å². The molecule has 9 nitrogen and oxygen atoms in total. The number of rotatable bonds is 6. The zero-order valence-electron chi connectivity index (χ0n) is 18.6. The lowest BCUT2D eigenvalue weighted by molar-refractivity contribution is -0.116.